The quantitative estimate of drug-likeness (QED) is 0.242. The molecule has 0 aromatic heterocycles. The van der Waals surface area contributed by atoms with Crippen molar-refractivity contribution in [1.82, 2.24) is 0 Å². The molecule has 0 amide bonds. The minimum atomic E-state index is -6.00. The third-order valence-electron chi connectivity index (χ3n) is 5.24. The lowest BCUT2D eigenvalue weighted by atomic mass is 9.99. The number of allylic oxidation sites excluding steroid dienone is 8. The summed E-state index contributed by atoms with van der Waals surface area (Å²) >= 11 is 1.84. The Morgan fingerprint density at radius 3 is 1.44 bits per heavy atom. The van der Waals surface area contributed by atoms with E-state index in [0.717, 1.165) is 13.1 Å². The van der Waals surface area contributed by atoms with Crippen LogP contribution in [0.2, 0.25) is 0 Å². The fraction of sp³-hybridized carbons (Fsp3) is 0.148. The molecule has 7 heteroatoms. The van der Waals surface area contributed by atoms with Crippen molar-refractivity contribution in [3.05, 3.63) is 119 Å². The Labute approximate surface area is 202 Å². The van der Waals surface area contributed by atoms with Crippen LogP contribution < -0.4 is 0 Å². The number of hydrogen-bond acceptors (Lipinski definition) is 1. The van der Waals surface area contributed by atoms with Crippen LogP contribution in [0.3, 0.4) is 0 Å². The smallest absolute Gasteiger partial charge is 0.418 e. The van der Waals surface area contributed by atoms with Gasteiger partial charge in [0.05, 0.1) is 0 Å². The Balaban J connectivity index is 0.000000588. The van der Waals surface area contributed by atoms with Gasteiger partial charge in [-0.1, -0.05) is 72.4 Å². The van der Waals surface area contributed by atoms with Crippen molar-refractivity contribution in [2.75, 3.05) is 13.1 Å². The minimum Gasteiger partial charge on any atom is -0.418 e. The SMILES string of the molecule is CC[N+](CC)=C1C=CC(=C2C=C(c3ccccc3)SC(c3ccccc3)=C2)C=C1.F[B-](F)(F)F. The van der Waals surface area contributed by atoms with Crippen LogP contribution in [0.15, 0.2) is 108 Å². The van der Waals surface area contributed by atoms with Crippen molar-refractivity contribution >= 4 is 34.5 Å². The van der Waals surface area contributed by atoms with E-state index in [1.165, 1.54) is 37.8 Å². The molecule has 1 aliphatic carbocycles. The molecule has 176 valence electrons. The van der Waals surface area contributed by atoms with Gasteiger partial charge in [-0.3, -0.25) is 0 Å². The molecule has 0 saturated carbocycles. The number of thioether (sulfide) groups is 1. The Hall–Kier alpha value is -3.06. The highest BCUT2D eigenvalue weighted by Gasteiger charge is 2.20. The van der Waals surface area contributed by atoms with Gasteiger partial charge in [0.2, 0.25) is 0 Å². The first kappa shape index (κ1) is 25.6. The highest BCUT2D eigenvalue weighted by atomic mass is 32.2. The van der Waals surface area contributed by atoms with Crippen molar-refractivity contribution in [1.29, 1.82) is 0 Å². The van der Waals surface area contributed by atoms with Crippen LogP contribution in [0.4, 0.5) is 17.3 Å². The topological polar surface area (TPSA) is 3.01 Å². The van der Waals surface area contributed by atoms with E-state index in [1.54, 1.807) is 0 Å². The van der Waals surface area contributed by atoms with E-state index in [0.29, 0.717) is 0 Å². The van der Waals surface area contributed by atoms with E-state index in [2.05, 4.69) is 116 Å². The molecule has 1 heterocycles. The molecule has 0 spiro atoms. The molecule has 2 aromatic carbocycles. The second-order valence-electron chi connectivity index (χ2n) is 7.52. The van der Waals surface area contributed by atoms with Gasteiger partial charge in [-0.2, -0.15) is 0 Å². The first-order valence-corrected chi connectivity index (χ1v) is 11.9. The van der Waals surface area contributed by atoms with Gasteiger partial charge in [0, 0.05) is 22.0 Å². The average molecular weight is 483 g/mol. The molecule has 4 rings (SSSR count). The second kappa shape index (κ2) is 11.9. The summed E-state index contributed by atoms with van der Waals surface area (Å²) in [6.07, 6.45) is 13.6. The summed E-state index contributed by atoms with van der Waals surface area (Å²) in [7, 11) is -6.00. The van der Waals surface area contributed by atoms with Gasteiger partial charge in [0.25, 0.3) is 0 Å². The molecule has 0 radical (unpaired) electrons. The number of hydrogen-bond donors (Lipinski definition) is 0. The number of rotatable bonds is 4. The van der Waals surface area contributed by atoms with Crippen molar-refractivity contribution in [3.63, 3.8) is 0 Å². The van der Waals surface area contributed by atoms with Crippen LogP contribution in [-0.4, -0.2) is 30.6 Å². The zero-order chi connectivity index (χ0) is 24.6. The first-order chi connectivity index (χ1) is 16.3. The van der Waals surface area contributed by atoms with Crippen LogP contribution in [0.1, 0.15) is 25.0 Å². The van der Waals surface area contributed by atoms with Crippen molar-refractivity contribution in [2.45, 2.75) is 13.8 Å². The number of halogens is 4. The molecule has 0 unspecified atom stereocenters. The van der Waals surface area contributed by atoms with Crippen LogP contribution in [0.25, 0.3) is 9.81 Å². The molecule has 2 aromatic rings. The van der Waals surface area contributed by atoms with Crippen LogP contribution in [0.5, 0.6) is 0 Å². The Kier molecular flexibility index (Phi) is 8.94. The van der Waals surface area contributed by atoms with Crippen molar-refractivity contribution < 1.29 is 21.8 Å². The molecule has 2 aliphatic rings. The lowest BCUT2D eigenvalue weighted by Gasteiger charge is -2.18. The summed E-state index contributed by atoms with van der Waals surface area (Å²) in [5.74, 6) is 0. The lowest BCUT2D eigenvalue weighted by molar-refractivity contribution is -0.519. The lowest BCUT2D eigenvalue weighted by Crippen LogP contribution is -2.19. The maximum absolute atomic E-state index is 9.75. The van der Waals surface area contributed by atoms with Crippen molar-refractivity contribution in [2.24, 2.45) is 0 Å². The average Bonchev–Trinajstić information content (AvgIpc) is 2.85. The maximum Gasteiger partial charge on any atom is 0.673 e. The zero-order valence-electron chi connectivity index (χ0n) is 19.1. The predicted molar refractivity (Wildman–Crippen MR) is 138 cm³/mol. The number of nitrogens with zero attached hydrogens (tertiary/aromatic N) is 1. The Bertz CT molecular complexity index is 1090. The number of benzene rings is 2. The molecule has 0 fully saturated rings. The van der Waals surface area contributed by atoms with E-state index in [-0.39, 0.29) is 0 Å². The normalized spacial score (nSPS) is 15.4. The van der Waals surface area contributed by atoms with Gasteiger partial charge >= 0.3 is 7.25 Å². The molecule has 0 atom stereocenters. The summed E-state index contributed by atoms with van der Waals surface area (Å²) in [5, 5.41) is 0. The maximum atomic E-state index is 9.75. The van der Waals surface area contributed by atoms with E-state index in [9.17, 15) is 17.3 Å². The fourth-order valence-corrected chi connectivity index (χ4v) is 4.73. The van der Waals surface area contributed by atoms with Crippen LogP contribution in [-0.2, 0) is 0 Å². The highest BCUT2D eigenvalue weighted by Crippen LogP contribution is 2.44. The largest absolute Gasteiger partial charge is 0.673 e. The molecule has 0 saturated heterocycles. The predicted octanol–water partition coefficient (Wildman–Crippen LogP) is 8.03. The molecule has 1 nitrogen and oxygen atoms in total. The molecular weight excluding hydrogens is 457 g/mol. The van der Waals surface area contributed by atoms with E-state index >= 15 is 0 Å². The van der Waals surface area contributed by atoms with Gasteiger partial charge in [-0.15, -0.1) is 0 Å². The Morgan fingerprint density at radius 1 is 0.647 bits per heavy atom. The summed E-state index contributed by atoms with van der Waals surface area (Å²) in [6, 6.07) is 21.3. The standard InChI is InChI=1S/C27H26NS.BF4/c1-3-28(4-2)25-17-15-21(16-18-25)24-19-26(22-11-7-5-8-12-22)29-27(20-24)23-13-9-6-10-14-23;2-1(3,4)5/h5-20H,3-4H2,1-2H3;/q+1;-1. The van der Waals surface area contributed by atoms with Crippen molar-refractivity contribution in [3.8, 4) is 0 Å². The van der Waals surface area contributed by atoms with Gasteiger partial charge in [-0.25, -0.2) is 4.58 Å². The van der Waals surface area contributed by atoms with E-state index in [4.69, 9.17) is 0 Å². The zero-order valence-corrected chi connectivity index (χ0v) is 19.9. The van der Waals surface area contributed by atoms with Crippen LogP contribution >= 0.6 is 11.8 Å². The van der Waals surface area contributed by atoms with E-state index in [1.807, 2.05) is 11.8 Å². The Morgan fingerprint density at radius 2 is 1.06 bits per heavy atom. The second-order valence-corrected chi connectivity index (χ2v) is 8.60. The summed E-state index contributed by atoms with van der Waals surface area (Å²) in [5.41, 5.74) is 6.31. The van der Waals surface area contributed by atoms with Gasteiger partial charge < -0.3 is 17.3 Å². The van der Waals surface area contributed by atoms with Gasteiger partial charge in [-0.05, 0) is 60.4 Å². The summed E-state index contributed by atoms with van der Waals surface area (Å²) in [6.45, 7) is 6.46. The monoisotopic (exact) mass is 483 g/mol. The molecule has 1 aliphatic heterocycles. The third-order valence-corrected chi connectivity index (χ3v) is 6.39. The van der Waals surface area contributed by atoms with E-state index < -0.39 is 7.25 Å². The molecule has 34 heavy (non-hydrogen) atoms. The van der Waals surface area contributed by atoms with Gasteiger partial charge in [0.15, 0.2) is 5.71 Å². The highest BCUT2D eigenvalue weighted by molar-refractivity contribution is 8.16. The fourth-order valence-electron chi connectivity index (χ4n) is 3.61. The molecule has 0 N–H and O–H groups in total. The third kappa shape index (κ3) is 7.49. The first-order valence-electron chi connectivity index (χ1n) is 11.1. The van der Waals surface area contributed by atoms with Gasteiger partial charge in [0.1, 0.15) is 13.1 Å². The minimum absolute atomic E-state index is 1.03. The molecular formula is C27H26BF4NS. The van der Waals surface area contributed by atoms with Crippen LogP contribution in [0, 0.1) is 0 Å². The molecule has 0 bridgehead atoms. The summed E-state index contributed by atoms with van der Waals surface area (Å²) < 4.78 is 41.4. The summed E-state index contributed by atoms with van der Waals surface area (Å²) in [4.78, 5) is 2.57.